The van der Waals surface area contributed by atoms with Crippen LogP contribution in [0.2, 0.25) is 5.02 Å². The van der Waals surface area contributed by atoms with Gasteiger partial charge in [0.1, 0.15) is 11.8 Å². The van der Waals surface area contributed by atoms with E-state index in [4.69, 9.17) is 22.1 Å². The summed E-state index contributed by atoms with van der Waals surface area (Å²) < 4.78 is 5.80. The lowest BCUT2D eigenvalue weighted by molar-refractivity contribution is -0.385. The van der Waals surface area contributed by atoms with Gasteiger partial charge >= 0.3 is 5.69 Å². The number of nitrogens with two attached hydrogens (primary N) is 1. The quantitative estimate of drug-likeness (QED) is 0.240. The molecule has 4 N–H and O–H groups in total. The highest BCUT2D eigenvalue weighted by molar-refractivity contribution is 6.30. The Balaban J connectivity index is 1.52. The number of carbonyl (C=O) groups excluding carboxylic acids is 2. The van der Waals surface area contributed by atoms with Crippen molar-refractivity contribution >= 4 is 34.8 Å². The molecule has 1 aromatic heterocycles. The van der Waals surface area contributed by atoms with E-state index in [-0.39, 0.29) is 35.6 Å². The lowest BCUT2D eigenvalue weighted by atomic mass is 9.81. The molecule has 0 saturated heterocycles. The van der Waals surface area contributed by atoms with Crippen molar-refractivity contribution in [1.82, 2.24) is 10.3 Å². The molecule has 3 aromatic rings. The van der Waals surface area contributed by atoms with E-state index in [0.29, 0.717) is 34.5 Å². The number of aromatic nitrogens is 1. The molecule has 1 aliphatic rings. The fourth-order valence-electron chi connectivity index (χ4n) is 4.64. The zero-order valence-corrected chi connectivity index (χ0v) is 22.0. The van der Waals surface area contributed by atoms with Gasteiger partial charge in [-0.3, -0.25) is 24.7 Å². The van der Waals surface area contributed by atoms with Crippen molar-refractivity contribution in [2.75, 3.05) is 11.9 Å². The van der Waals surface area contributed by atoms with Crippen molar-refractivity contribution in [3.05, 3.63) is 87.7 Å². The molecule has 11 heteroatoms. The van der Waals surface area contributed by atoms with Crippen molar-refractivity contribution < 1.29 is 19.2 Å². The van der Waals surface area contributed by atoms with Gasteiger partial charge in [0.2, 0.25) is 17.6 Å². The Kier molecular flexibility index (Phi) is 9.45. The van der Waals surface area contributed by atoms with Gasteiger partial charge in [-0.1, -0.05) is 23.7 Å². The third kappa shape index (κ3) is 7.75. The standard InChI is InChI=1S/C28H30ClN5O5/c29-21-8-9-25(34(37)38)26(16-21)39-23-3-1-2-19(14-23)15-24(28(36)32-22-10-12-31-13-11-22)33-27(35)20-6-4-18(17-30)5-7-20/h1-3,8-14,16,18,20,24H,4-7,15,17,30H2,(H,33,35)(H,31,32,36)/t18?,20?,24-/m0/s1. The number of hydrogen-bond donors (Lipinski definition) is 3. The number of hydrogen-bond acceptors (Lipinski definition) is 7. The van der Waals surface area contributed by atoms with Gasteiger partial charge in [0.15, 0.2) is 0 Å². The number of rotatable bonds is 10. The van der Waals surface area contributed by atoms with Crippen LogP contribution in [0.15, 0.2) is 67.0 Å². The number of benzene rings is 2. The summed E-state index contributed by atoms with van der Waals surface area (Å²) in [5.41, 5.74) is 6.81. The monoisotopic (exact) mass is 551 g/mol. The minimum Gasteiger partial charge on any atom is -0.450 e. The first-order valence-corrected chi connectivity index (χ1v) is 13.1. The van der Waals surface area contributed by atoms with Gasteiger partial charge in [0.25, 0.3) is 0 Å². The molecule has 4 rings (SSSR count). The van der Waals surface area contributed by atoms with E-state index in [1.54, 1.807) is 48.8 Å². The van der Waals surface area contributed by atoms with Crippen molar-refractivity contribution in [2.45, 2.75) is 38.1 Å². The van der Waals surface area contributed by atoms with Crippen LogP contribution in [-0.2, 0) is 16.0 Å². The van der Waals surface area contributed by atoms with E-state index in [9.17, 15) is 19.7 Å². The fraction of sp³-hybridized carbons (Fsp3) is 0.321. The van der Waals surface area contributed by atoms with Crippen molar-refractivity contribution in [3.8, 4) is 11.5 Å². The lowest BCUT2D eigenvalue weighted by Crippen LogP contribution is -2.48. The lowest BCUT2D eigenvalue weighted by Gasteiger charge is -2.28. The van der Waals surface area contributed by atoms with Crippen molar-refractivity contribution in [2.24, 2.45) is 17.6 Å². The third-order valence-electron chi connectivity index (χ3n) is 6.82. The van der Waals surface area contributed by atoms with Gasteiger partial charge in [0, 0.05) is 47.6 Å². The maximum absolute atomic E-state index is 13.3. The molecule has 2 amide bonds. The number of ether oxygens (including phenoxy) is 1. The van der Waals surface area contributed by atoms with Crippen LogP contribution < -0.4 is 21.1 Å². The van der Waals surface area contributed by atoms with Crippen molar-refractivity contribution in [3.63, 3.8) is 0 Å². The zero-order chi connectivity index (χ0) is 27.8. The summed E-state index contributed by atoms with van der Waals surface area (Å²) in [5.74, 6) is 0.0416. The summed E-state index contributed by atoms with van der Waals surface area (Å²) >= 11 is 6.02. The predicted molar refractivity (Wildman–Crippen MR) is 148 cm³/mol. The zero-order valence-electron chi connectivity index (χ0n) is 21.2. The Labute approximate surface area is 231 Å². The summed E-state index contributed by atoms with van der Waals surface area (Å²) in [6, 6.07) is 13.4. The normalized spacial score (nSPS) is 17.6. The number of anilines is 1. The number of carbonyl (C=O) groups is 2. The average Bonchev–Trinajstić information content (AvgIpc) is 2.93. The predicted octanol–water partition coefficient (Wildman–Crippen LogP) is 4.87. The molecule has 1 heterocycles. The molecular weight excluding hydrogens is 522 g/mol. The second kappa shape index (κ2) is 13.2. The number of nitrogens with one attached hydrogen (secondary N) is 2. The Hall–Kier alpha value is -4.02. The molecule has 0 spiro atoms. The highest BCUT2D eigenvalue weighted by Gasteiger charge is 2.29. The van der Waals surface area contributed by atoms with E-state index in [1.807, 2.05) is 0 Å². The minimum atomic E-state index is -0.867. The van der Waals surface area contributed by atoms with Crippen LogP contribution in [0.3, 0.4) is 0 Å². The Morgan fingerprint density at radius 3 is 2.54 bits per heavy atom. The molecule has 0 aliphatic heterocycles. The maximum atomic E-state index is 13.3. The molecule has 0 unspecified atom stereocenters. The fourth-order valence-corrected chi connectivity index (χ4v) is 4.81. The first-order chi connectivity index (χ1) is 18.8. The number of nitro benzene ring substituents is 1. The van der Waals surface area contributed by atoms with E-state index in [2.05, 4.69) is 15.6 Å². The molecule has 1 atom stereocenters. The summed E-state index contributed by atoms with van der Waals surface area (Å²) in [4.78, 5) is 41.3. The molecule has 0 bridgehead atoms. The molecule has 1 saturated carbocycles. The maximum Gasteiger partial charge on any atom is 0.311 e. The highest BCUT2D eigenvalue weighted by atomic mass is 35.5. The molecule has 1 aliphatic carbocycles. The topological polar surface area (TPSA) is 149 Å². The second-order valence-electron chi connectivity index (χ2n) is 9.56. The van der Waals surface area contributed by atoms with Crippen LogP contribution in [-0.4, -0.2) is 34.3 Å². The number of pyridine rings is 1. The third-order valence-corrected chi connectivity index (χ3v) is 7.05. The van der Waals surface area contributed by atoms with E-state index < -0.39 is 11.0 Å². The molecule has 0 radical (unpaired) electrons. The number of amides is 2. The summed E-state index contributed by atoms with van der Waals surface area (Å²) in [7, 11) is 0. The second-order valence-corrected chi connectivity index (χ2v) is 10.00. The molecule has 2 aromatic carbocycles. The van der Waals surface area contributed by atoms with E-state index in [1.165, 1.54) is 18.2 Å². The SMILES string of the molecule is NCC1CCC(C(=O)N[C@@H](Cc2cccc(Oc3cc(Cl)ccc3[N+](=O)[O-])c2)C(=O)Nc2ccncc2)CC1. The number of halogens is 1. The van der Waals surface area contributed by atoms with Crippen LogP contribution in [0.1, 0.15) is 31.2 Å². The van der Waals surface area contributed by atoms with Gasteiger partial charge in [-0.15, -0.1) is 0 Å². The first kappa shape index (κ1) is 28.0. The van der Waals surface area contributed by atoms with E-state index >= 15 is 0 Å². The van der Waals surface area contributed by atoms with Gasteiger partial charge in [-0.25, -0.2) is 0 Å². The van der Waals surface area contributed by atoms with Gasteiger partial charge in [-0.05, 0) is 74.0 Å². The first-order valence-electron chi connectivity index (χ1n) is 12.7. The van der Waals surface area contributed by atoms with Gasteiger partial charge in [-0.2, -0.15) is 0 Å². The van der Waals surface area contributed by atoms with E-state index in [0.717, 1.165) is 25.7 Å². The number of nitro groups is 1. The smallest absolute Gasteiger partial charge is 0.311 e. The van der Waals surface area contributed by atoms with Crippen LogP contribution in [0.5, 0.6) is 11.5 Å². The number of nitrogens with zero attached hydrogens (tertiary/aromatic N) is 2. The van der Waals surface area contributed by atoms with Gasteiger partial charge in [0.05, 0.1) is 4.92 Å². The average molecular weight is 552 g/mol. The molecule has 1 fully saturated rings. The Morgan fingerprint density at radius 1 is 1.10 bits per heavy atom. The summed E-state index contributed by atoms with van der Waals surface area (Å²) in [6.45, 7) is 0.613. The summed E-state index contributed by atoms with van der Waals surface area (Å²) in [6.07, 6.45) is 6.54. The largest absolute Gasteiger partial charge is 0.450 e. The van der Waals surface area contributed by atoms with Gasteiger partial charge < -0.3 is 21.1 Å². The van der Waals surface area contributed by atoms with Crippen LogP contribution in [0, 0.1) is 22.0 Å². The van der Waals surface area contributed by atoms with Crippen LogP contribution in [0.25, 0.3) is 0 Å². The molecule has 204 valence electrons. The molecule has 39 heavy (non-hydrogen) atoms. The van der Waals surface area contributed by atoms with Crippen molar-refractivity contribution in [1.29, 1.82) is 0 Å². The minimum absolute atomic E-state index is 0.00184. The molecule has 10 nitrogen and oxygen atoms in total. The highest BCUT2D eigenvalue weighted by Crippen LogP contribution is 2.34. The van der Waals surface area contributed by atoms with Crippen LogP contribution in [0.4, 0.5) is 11.4 Å². The molecular formula is C28H30ClN5O5. The summed E-state index contributed by atoms with van der Waals surface area (Å²) in [5, 5.41) is 17.5. The Morgan fingerprint density at radius 2 is 1.85 bits per heavy atom. The van der Waals surface area contributed by atoms with Crippen LogP contribution >= 0.6 is 11.6 Å². The Bertz CT molecular complexity index is 1310.